The summed E-state index contributed by atoms with van der Waals surface area (Å²) >= 11 is 0. The Labute approximate surface area is 165 Å². The van der Waals surface area contributed by atoms with Crippen molar-refractivity contribution in [2.24, 2.45) is 5.73 Å². The third-order valence-electron chi connectivity index (χ3n) is 4.32. The normalized spacial score (nSPS) is 10.8. The summed E-state index contributed by atoms with van der Waals surface area (Å²) in [6.07, 6.45) is 1.30. The van der Waals surface area contributed by atoms with Gasteiger partial charge >= 0.3 is 7.12 Å². The van der Waals surface area contributed by atoms with Crippen molar-refractivity contribution in [1.29, 1.82) is 0 Å². The number of hydrogen-bond donors (Lipinski definition) is 4. The van der Waals surface area contributed by atoms with Crippen molar-refractivity contribution < 1.29 is 14.8 Å². The Bertz CT molecular complexity index is 1180. The largest absolute Gasteiger partial charge is 0.493 e. The molecule has 0 unspecified atom stereocenters. The van der Waals surface area contributed by atoms with Gasteiger partial charge in [-0.3, -0.25) is 4.79 Å². The standard InChI is InChI=1S/C18H16BN7O3/c20-16(27)12-7-4-8-14-15(12)24-25-26(14)18-22-10-13(19(28)29)17(23-18)21-9-11-5-2-1-3-6-11/h1-8,10,28-29H,9H2,(H2,20,27)(H,21,22,23). The summed E-state index contributed by atoms with van der Waals surface area (Å²) in [4.78, 5) is 20.1. The smallest absolute Gasteiger partial charge is 0.423 e. The molecule has 0 spiro atoms. The first-order valence-corrected chi connectivity index (χ1v) is 8.70. The molecule has 0 fully saturated rings. The quantitative estimate of drug-likeness (QED) is 0.325. The summed E-state index contributed by atoms with van der Waals surface area (Å²) in [7, 11) is -1.75. The summed E-state index contributed by atoms with van der Waals surface area (Å²) in [5.41, 5.74) is 7.55. The van der Waals surface area contributed by atoms with Crippen molar-refractivity contribution >= 4 is 35.3 Å². The summed E-state index contributed by atoms with van der Waals surface area (Å²) in [6.45, 7) is 0.418. The predicted octanol–water partition coefficient (Wildman–Crippen LogP) is -0.399. The van der Waals surface area contributed by atoms with Gasteiger partial charge in [0.15, 0.2) is 0 Å². The number of nitrogens with one attached hydrogen (secondary N) is 1. The number of amides is 1. The monoisotopic (exact) mass is 389 g/mol. The maximum absolute atomic E-state index is 11.6. The second-order valence-electron chi connectivity index (χ2n) is 6.23. The van der Waals surface area contributed by atoms with Crippen LogP contribution >= 0.6 is 0 Å². The van der Waals surface area contributed by atoms with E-state index in [0.29, 0.717) is 17.6 Å². The lowest BCUT2D eigenvalue weighted by molar-refractivity contribution is 0.100. The van der Waals surface area contributed by atoms with Crippen molar-refractivity contribution in [2.45, 2.75) is 6.54 Å². The van der Waals surface area contributed by atoms with E-state index in [1.54, 1.807) is 18.2 Å². The molecule has 4 rings (SSSR count). The number of nitrogens with two attached hydrogens (primary N) is 1. The van der Waals surface area contributed by atoms with Gasteiger partial charge in [-0.05, 0) is 17.7 Å². The molecule has 0 aliphatic heterocycles. The Hall–Kier alpha value is -3.83. The van der Waals surface area contributed by atoms with Crippen molar-refractivity contribution in [2.75, 3.05) is 5.32 Å². The zero-order valence-corrected chi connectivity index (χ0v) is 15.1. The fourth-order valence-electron chi connectivity index (χ4n) is 2.89. The maximum atomic E-state index is 11.6. The first kappa shape index (κ1) is 18.5. The van der Waals surface area contributed by atoms with Crippen LogP contribution in [-0.4, -0.2) is 48.0 Å². The number of nitrogens with zero attached hydrogens (tertiary/aromatic N) is 5. The van der Waals surface area contributed by atoms with Crippen LogP contribution in [0.4, 0.5) is 5.82 Å². The molecule has 144 valence electrons. The van der Waals surface area contributed by atoms with Gasteiger partial charge in [-0.2, -0.15) is 9.67 Å². The zero-order valence-electron chi connectivity index (χ0n) is 15.1. The molecule has 0 aliphatic carbocycles. The van der Waals surface area contributed by atoms with Crippen LogP contribution in [0.15, 0.2) is 54.7 Å². The topological polar surface area (TPSA) is 152 Å². The Kier molecular flexibility index (Phi) is 4.89. The Morgan fingerprint density at radius 1 is 1.14 bits per heavy atom. The van der Waals surface area contributed by atoms with Crippen LogP contribution in [0, 0.1) is 0 Å². The molecule has 0 saturated carbocycles. The predicted molar refractivity (Wildman–Crippen MR) is 107 cm³/mol. The number of hydrogen-bond acceptors (Lipinski definition) is 8. The molecule has 5 N–H and O–H groups in total. The van der Waals surface area contributed by atoms with Crippen molar-refractivity contribution in [1.82, 2.24) is 25.0 Å². The van der Waals surface area contributed by atoms with Gasteiger partial charge in [0.25, 0.3) is 11.9 Å². The maximum Gasteiger partial charge on any atom is 0.493 e. The Morgan fingerprint density at radius 3 is 2.66 bits per heavy atom. The number of carbonyl (C=O) groups is 1. The molecule has 29 heavy (non-hydrogen) atoms. The van der Waals surface area contributed by atoms with E-state index in [4.69, 9.17) is 5.73 Å². The molecule has 1 amide bonds. The number of benzene rings is 2. The van der Waals surface area contributed by atoms with E-state index in [9.17, 15) is 14.8 Å². The molecule has 4 aromatic rings. The lowest BCUT2D eigenvalue weighted by Crippen LogP contribution is -2.34. The van der Waals surface area contributed by atoms with E-state index in [1.165, 1.54) is 10.9 Å². The number of fused-ring (bicyclic) bond motifs is 1. The summed E-state index contributed by atoms with van der Waals surface area (Å²) < 4.78 is 1.35. The highest BCUT2D eigenvalue weighted by Gasteiger charge is 2.21. The first-order chi connectivity index (χ1) is 14.0. The number of anilines is 1. The third-order valence-corrected chi connectivity index (χ3v) is 4.32. The fourth-order valence-corrected chi connectivity index (χ4v) is 2.89. The molecule has 2 aromatic carbocycles. The highest BCUT2D eigenvalue weighted by Crippen LogP contribution is 2.18. The van der Waals surface area contributed by atoms with Crippen LogP contribution in [0.25, 0.3) is 17.0 Å². The first-order valence-electron chi connectivity index (χ1n) is 8.70. The molecule has 0 saturated heterocycles. The molecular formula is C18H16BN7O3. The minimum Gasteiger partial charge on any atom is -0.423 e. The summed E-state index contributed by atoms with van der Waals surface area (Å²) in [5, 5.41) is 30.4. The van der Waals surface area contributed by atoms with Gasteiger partial charge in [0.05, 0.1) is 11.1 Å². The average molecular weight is 389 g/mol. The van der Waals surface area contributed by atoms with Gasteiger partial charge in [0.2, 0.25) is 0 Å². The van der Waals surface area contributed by atoms with Gasteiger partial charge in [-0.1, -0.05) is 41.6 Å². The van der Waals surface area contributed by atoms with Gasteiger partial charge < -0.3 is 21.1 Å². The molecule has 0 aliphatic rings. The van der Waals surface area contributed by atoms with Crippen LogP contribution in [0.5, 0.6) is 0 Å². The van der Waals surface area contributed by atoms with Crippen molar-refractivity contribution in [3.05, 3.63) is 65.9 Å². The van der Waals surface area contributed by atoms with Crippen LogP contribution in [0.2, 0.25) is 0 Å². The van der Waals surface area contributed by atoms with Crippen molar-refractivity contribution in [3.63, 3.8) is 0 Å². The summed E-state index contributed by atoms with van der Waals surface area (Å²) in [5.74, 6) is -0.231. The van der Waals surface area contributed by atoms with Crippen LogP contribution < -0.4 is 16.5 Å². The number of rotatable bonds is 6. The highest BCUT2D eigenvalue weighted by atomic mass is 16.4. The Morgan fingerprint density at radius 2 is 1.93 bits per heavy atom. The molecular weight excluding hydrogens is 373 g/mol. The van der Waals surface area contributed by atoms with E-state index in [-0.39, 0.29) is 22.8 Å². The fraction of sp³-hybridized carbons (Fsp3) is 0.0556. The van der Waals surface area contributed by atoms with E-state index >= 15 is 0 Å². The van der Waals surface area contributed by atoms with E-state index in [2.05, 4.69) is 25.6 Å². The highest BCUT2D eigenvalue weighted by molar-refractivity contribution is 6.60. The molecule has 10 nitrogen and oxygen atoms in total. The van der Waals surface area contributed by atoms with Crippen molar-refractivity contribution in [3.8, 4) is 5.95 Å². The SMILES string of the molecule is NC(=O)c1cccc2c1nnn2-c1ncc(B(O)O)c(NCc2ccccc2)n1. The molecule has 2 aromatic heterocycles. The van der Waals surface area contributed by atoms with Crippen LogP contribution in [0.3, 0.4) is 0 Å². The number of carbonyl (C=O) groups excluding carboxylic acids is 1. The second-order valence-corrected chi connectivity index (χ2v) is 6.23. The number of aromatic nitrogens is 5. The van der Waals surface area contributed by atoms with E-state index in [0.717, 1.165) is 5.56 Å². The minimum atomic E-state index is -1.75. The van der Waals surface area contributed by atoms with Gasteiger partial charge in [-0.15, -0.1) is 5.10 Å². The molecule has 0 bridgehead atoms. The van der Waals surface area contributed by atoms with Gasteiger partial charge in [0, 0.05) is 18.2 Å². The van der Waals surface area contributed by atoms with E-state index < -0.39 is 13.0 Å². The molecule has 0 radical (unpaired) electrons. The third kappa shape index (κ3) is 3.64. The lowest BCUT2D eigenvalue weighted by atomic mass is 9.81. The Balaban J connectivity index is 1.74. The minimum absolute atomic E-state index is 0.118. The zero-order chi connectivity index (χ0) is 20.4. The van der Waals surface area contributed by atoms with Gasteiger partial charge in [0.1, 0.15) is 11.3 Å². The lowest BCUT2D eigenvalue weighted by Gasteiger charge is -2.12. The van der Waals surface area contributed by atoms with Crippen LogP contribution in [-0.2, 0) is 6.54 Å². The molecule has 11 heteroatoms. The molecule has 0 atom stereocenters. The number of primary amides is 1. The molecule has 2 heterocycles. The van der Waals surface area contributed by atoms with Gasteiger partial charge in [-0.25, -0.2) is 4.98 Å². The second kappa shape index (κ2) is 7.66. The average Bonchev–Trinajstić information content (AvgIpc) is 3.16. The summed E-state index contributed by atoms with van der Waals surface area (Å²) in [6, 6.07) is 14.5. The van der Waals surface area contributed by atoms with E-state index in [1.807, 2.05) is 30.3 Å². The van der Waals surface area contributed by atoms with Crippen LogP contribution in [0.1, 0.15) is 15.9 Å².